The molecule has 2 heteroatoms. The number of aliphatic hydroxyl groups excluding tert-OH is 1. The minimum absolute atomic E-state index is 0.0752. The van der Waals surface area contributed by atoms with E-state index in [1.54, 1.807) is 0 Å². The molecule has 0 aliphatic carbocycles. The van der Waals surface area contributed by atoms with Crippen molar-refractivity contribution in [1.29, 1.82) is 0 Å². The van der Waals surface area contributed by atoms with E-state index < -0.39 is 0 Å². The molecule has 2 nitrogen and oxygen atoms in total. The van der Waals surface area contributed by atoms with E-state index in [1.807, 2.05) is 48.5 Å². The molecule has 0 aromatic heterocycles. The molecule has 1 aliphatic rings. The Kier molecular flexibility index (Phi) is 6.36. The van der Waals surface area contributed by atoms with E-state index in [0.717, 1.165) is 35.1 Å². The first-order valence-electron chi connectivity index (χ1n) is 12.0. The van der Waals surface area contributed by atoms with Gasteiger partial charge in [0, 0.05) is 16.7 Å². The van der Waals surface area contributed by atoms with Gasteiger partial charge in [0.05, 0.1) is 0 Å². The molecule has 1 aliphatic heterocycles. The first-order chi connectivity index (χ1) is 17.1. The Hall–Kier alpha value is -4.30. The van der Waals surface area contributed by atoms with Gasteiger partial charge in [-0.1, -0.05) is 111 Å². The average Bonchev–Trinajstić information content (AvgIpc) is 2.91. The van der Waals surface area contributed by atoms with Crippen molar-refractivity contribution in [3.63, 3.8) is 0 Å². The fourth-order valence-electron chi connectivity index (χ4n) is 4.29. The number of hydrogen-bond acceptors (Lipinski definition) is 2. The normalized spacial score (nSPS) is 13.1. The van der Waals surface area contributed by atoms with E-state index in [9.17, 15) is 5.11 Å². The number of aliphatic hydroxyl groups is 1. The van der Waals surface area contributed by atoms with Gasteiger partial charge >= 0.3 is 0 Å². The van der Waals surface area contributed by atoms with Gasteiger partial charge < -0.3 is 9.84 Å². The zero-order valence-electron chi connectivity index (χ0n) is 19.9. The Balaban J connectivity index is 1.35. The summed E-state index contributed by atoms with van der Waals surface area (Å²) < 4.78 is 6.16. The second-order valence-electron chi connectivity index (χ2n) is 8.76. The molecule has 0 radical (unpaired) electrons. The third kappa shape index (κ3) is 4.83. The fraction of sp³-hybridized carbons (Fsp3) is 0.0909. The maximum atomic E-state index is 10.9. The van der Waals surface area contributed by atoms with Gasteiger partial charge in [-0.3, -0.25) is 0 Å². The zero-order chi connectivity index (χ0) is 24.2. The summed E-state index contributed by atoms with van der Waals surface area (Å²) in [5, 5.41) is 10.9. The topological polar surface area (TPSA) is 29.5 Å². The molecule has 172 valence electrons. The van der Waals surface area contributed by atoms with E-state index in [4.69, 9.17) is 4.74 Å². The quantitative estimate of drug-likeness (QED) is 0.314. The van der Waals surface area contributed by atoms with E-state index in [1.165, 1.54) is 16.7 Å². The third-order valence-corrected chi connectivity index (χ3v) is 6.27. The molecule has 4 aromatic rings. The molecule has 1 N–H and O–H groups in total. The smallest absolute Gasteiger partial charge is 0.176 e. The van der Waals surface area contributed by atoms with Crippen molar-refractivity contribution < 1.29 is 9.84 Å². The second kappa shape index (κ2) is 9.90. The largest absolute Gasteiger partial charge is 0.504 e. The summed E-state index contributed by atoms with van der Waals surface area (Å²) in [7, 11) is 0. The van der Waals surface area contributed by atoms with Crippen molar-refractivity contribution in [2.75, 3.05) is 0 Å². The lowest BCUT2D eigenvalue weighted by molar-refractivity contribution is 0.398. The highest BCUT2D eigenvalue weighted by atomic mass is 16.5. The monoisotopic (exact) mass is 456 g/mol. The lowest BCUT2D eigenvalue weighted by Gasteiger charge is -2.23. The third-order valence-electron chi connectivity index (χ3n) is 6.27. The van der Waals surface area contributed by atoms with Crippen molar-refractivity contribution in [2.45, 2.75) is 19.8 Å². The fourth-order valence-corrected chi connectivity index (χ4v) is 4.29. The van der Waals surface area contributed by atoms with Crippen LogP contribution in [0.3, 0.4) is 0 Å². The van der Waals surface area contributed by atoms with Gasteiger partial charge in [-0.2, -0.15) is 0 Å². The number of rotatable bonds is 6. The van der Waals surface area contributed by atoms with Crippen molar-refractivity contribution in [1.82, 2.24) is 0 Å². The molecule has 0 unspecified atom stereocenters. The molecular formula is C33H28O2. The van der Waals surface area contributed by atoms with Gasteiger partial charge in [0.25, 0.3) is 0 Å². The van der Waals surface area contributed by atoms with Crippen LogP contribution >= 0.6 is 0 Å². The predicted octanol–water partition coefficient (Wildman–Crippen LogP) is 8.70. The van der Waals surface area contributed by atoms with Crippen LogP contribution in [0, 0.1) is 0 Å². The molecule has 0 atom stereocenters. The number of benzene rings is 4. The molecule has 0 saturated heterocycles. The first kappa shape index (κ1) is 22.5. The first-order valence-corrected chi connectivity index (χ1v) is 12.0. The Morgan fingerprint density at radius 1 is 0.771 bits per heavy atom. The summed E-state index contributed by atoms with van der Waals surface area (Å²) in [6.45, 7) is 6.29. The Labute approximate surface area is 207 Å². The van der Waals surface area contributed by atoms with Gasteiger partial charge in [-0.15, -0.1) is 0 Å². The Morgan fingerprint density at radius 2 is 1.43 bits per heavy atom. The van der Waals surface area contributed by atoms with Crippen LogP contribution in [-0.4, -0.2) is 5.11 Å². The van der Waals surface area contributed by atoms with Gasteiger partial charge in [0.1, 0.15) is 5.75 Å². The van der Waals surface area contributed by atoms with Gasteiger partial charge in [0.2, 0.25) is 0 Å². The summed E-state index contributed by atoms with van der Waals surface area (Å²) in [5.41, 5.74) is 8.06. The van der Waals surface area contributed by atoms with Gasteiger partial charge in [-0.25, -0.2) is 0 Å². The Morgan fingerprint density at radius 3 is 2.11 bits per heavy atom. The van der Waals surface area contributed by atoms with Crippen LogP contribution in [0.1, 0.15) is 41.2 Å². The van der Waals surface area contributed by atoms with Crippen molar-refractivity contribution in [2.24, 2.45) is 0 Å². The second-order valence-corrected chi connectivity index (χ2v) is 8.76. The molecule has 4 aromatic carbocycles. The van der Waals surface area contributed by atoms with Crippen molar-refractivity contribution >= 4 is 17.4 Å². The molecular weight excluding hydrogens is 428 g/mol. The minimum Gasteiger partial charge on any atom is -0.504 e. The Bertz CT molecular complexity index is 1410. The zero-order valence-corrected chi connectivity index (χ0v) is 19.9. The van der Waals surface area contributed by atoms with Crippen molar-refractivity contribution in [3.05, 3.63) is 143 Å². The number of allylic oxidation sites excluding steroid dienone is 2. The summed E-state index contributed by atoms with van der Waals surface area (Å²) in [6, 6.07) is 33.0. The van der Waals surface area contributed by atoms with Crippen LogP contribution in [-0.2, 0) is 6.42 Å². The molecule has 35 heavy (non-hydrogen) atoms. The molecule has 0 bridgehead atoms. The van der Waals surface area contributed by atoms with Crippen LogP contribution in [0.15, 0.2) is 115 Å². The average molecular weight is 457 g/mol. The number of hydrogen-bond donors (Lipinski definition) is 1. The van der Waals surface area contributed by atoms with Crippen LogP contribution in [0.5, 0.6) is 5.75 Å². The molecule has 0 amide bonds. The van der Waals surface area contributed by atoms with E-state index >= 15 is 0 Å². The molecule has 0 saturated carbocycles. The maximum absolute atomic E-state index is 10.9. The predicted molar refractivity (Wildman–Crippen MR) is 146 cm³/mol. The van der Waals surface area contributed by atoms with Crippen LogP contribution in [0.25, 0.3) is 28.5 Å². The highest BCUT2D eigenvalue weighted by Gasteiger charge is 2.24. The van der Waals surface area contributed by atoms with Crippen LogP contribution in [0.4, 0.5) is 0 Å². The number of fused-ring (bicyclic) bond motifs is 1. The van der Waals surface area contributed by atoms with Crippen molar-refractivity contribution in [3.8, 4) is 16.9 Å². The summed E-state index contributed by atoms with van der Waals surface area (Å²) in [5.74, 6) is 1.21. The van der Waals surface area contributed by atoms with Gasteiger partial charge in [0.15, 0.2) is 11.5 Å². The van der Waals surface area contributed by atoms with E-state index in [-0.39, 0.29) is 5.76 Å². The molecule has 5 rings (SSSR count). The molecule has 0 fully saturated rings. The van der Waals surface area contributed by atoms with Gasteiger partial charge in [-0.05, 0) is 52.8 Å². The summed E-state index contributed by atoms with van der Waals surface area (Å²) in [4.78, 5) is 0. The van der Waals surface area contributed by atoms with E-state index in [2.05, 4.69) is 74.2 Å². The SMILES string of the molecule is C=C1C(O)=C(c2ccc(Cc3ccc(/C=C/CC)cc3)cc2)Oc2ccc(-c3ccccc3)cc21. The standard InChI is InChI=1S/C33H28O2/c1-3-4-8-24-11-13-25(14-12-24)21-26-15-17-28(18-16-26)33-32(34)23(2)30-22-29(19-20-31(30)35-33)27-9-6-5-7-10-27/h4-20,22,34H,2-3,21H2,1H3/b8-4+. The molecule has 1 heterocycles. The van der Waals surface area contributed by atoms with E-state index in [0.29, 0.717) is 17.1 Å². The summed E-state index contributed by atoms with van der Waals surface area (Å²) >= 11 is 0. The van der Waals surface area contributed by atoms with Crippen LogP contribution in [0.2, 0.25) is 0 Å². The highest BCUT2D eigenvalue weighted by Crippen LogP contribution is 2.41. The lowest BCUT2D eigenvalue weighted by Crippen LogP contribution is -2.08. The van der Waals surface area contributed by atoms with Crippen LogP contribution < -0.4 is 4.74 Å². The number of ether oxygens (including phenoxy) is 1. The molecule has 0 spiro atoms. The highest BCUT2D eigenvalue weighted by molar-refractivity contribution is 5.91. The minimum atomic E-state index is 0.0752. The lowest BCUT2D eigenvalue weighted by atomic mass is 9.94. The summed E-state index contributed by atoms with van der Waals surface area (Å²) in [6.07, 6.45) is 6.21. The maximum Gasteiger partial charge on any atom is 0.176 e.